The molecule has 0 saturated carbocycles. The van der Waals surface area contributed by atoms with Crippen LogP contribution in [0.15, 0.2) is 36.7 Å². The fourth-order valence-electron chi connectivity index (χ4n) is 3.41. The van der Waals surface area contributed by atoms with E-state index < -0.39 is 0 Å². The number of aryl methyl sites for hydroxylation is 1. The third kappa shape index (κ3) is 3.64. The zero-order valence-electron chi connectivity index (χ0n) is 14.1. The summed E-state index contributed by atoms with van der Waals surface area (Å²) in [5.41, 5.74) is 7.08. The van der Waals surface area contributed by atoms with Gasteiger partial charge in [0.25, 0.3) is 0 Å². The number of rotatable bonds is 5. The SMILES string of the molecule is CC(N)C1CCCCN1C(=O)CCc1nncn1-c1ccccc1. The Hall–Kier alpha value is -2.21. The second-order valence-corrected chi connectivity index (χ2v) is 6.46. The number of carbonyl (C=O) groups excluding carboxylic acids is 1. The smallest absolute Gasteiger partial charge is 0.223 e. The van der Waals surface area contributed by atoms with E-state index in [1.165, 1.54) is 0 Å². The average Bonchev–Trinajstić information content (AvgIpc) is 3.09. The van der Waals surface area contributed by atoms with Crippen LogP contribution in [0.2, 0.25) is 0 Å². The summed E-state index contributed by atoms with van der Waals surface area (Å²) < 4.78 is 1.94. The summed E-state index contributed by atoms with van der Waals surface area (Å²) in [5, 5.41) is 8.18. The van der Waals surface area contributed by atoms with E-state index in [-0.39, 0.29) is 18.0 Å². The molecule has 128 valence electrons. The number of nitrogens with two attached hydrogens (primary N) is 1. The van der Waals surface area contributed by atoms with Crippen molar-refractivity contribution in [2.75, 3.05) is 6.54 Å². The lowest BCUT2D eigenvalue weighted by atomic mass is 9.96. The van der Waals surface area contributed by atoms with Crippen molar-refractivity contribution in [2.45, 2.75) is 51.1 Å². The van der Waals surface area contributed by atoms with E-state index >= 15 is 0 Å². The van der Waals surface area contributed by atoms with Crippen molar-refractivity contribution in [1.82, 2.24) is 19.7 Å². The molecule has 1 aliphatic heterocycles. The lowest BCUT2D eigenvalue weighted by Crippen LogP contribution is -2.51. The molecular weight excluding hydrogens is 302 g/mol. The summed E-state index contributed by atoms with van der Waals surface area (Å²) in [6.07, 6.45) is 5.93. The molecule has 1 aromatic carbocycles. The molecule has 6 nitrogen and oxygen atoms in total. The Morgan fingerprint density at radius 3 is 2.88 bits per heavy atom. The van der Waals surface area contributed by atoms with Crippen LogP contribution in [0.1, 0.15) is 38.4 Å². The van der Waals surface area contributed by atoms with Gasteiger partial charge in [-0.15, -0.1) is 10.2 Å². The van der Waals surface area contributed by atoms with Crippen LogP contribution < -0.4 is 5.73 Å². The number of amides is 1. The van der Waals surface area contributed by atoms with Crippen LogP contribution >= 0.6 is 0 Å². The Labute approximate surface area is 142 Å². The van der Waals surface area contributed by atoms with Gasteiger partial charge in [0.2, 0.25) is 5.91 Å². The quantitative estimate of drug-likeness (QED) is 0.910. The van der Waals surface area contributed by atoms with Crippen molar-refractivity contribution >= 4 is 5.91 Å². The van der Waals surface area contributed by atoms with Crippen LogP contribution in [0.3, 0.4) is 0 Å². The van der Waals surface area contributed by atoms with Gasteiger partial charge in [-0.25, -0.2) is 0 Å². The molecule has 1 fully saturated rings. The highest BCUT2D eigenvalue weighted by Gasteiger charge is 2.29. The first-order valence-electron chi connectivity index (χ1n) is 8.66. The van der Waals surface area contributed by atoms with Gasteiger partial charge in [0.1, 0.15) is 12.2 Å². The molecule has 2 atom stereocenters. The summed E-state index contributed by atoms with van der Waals surface area (Å²) >= 11 is 0. The molecule has 1 saturated heterocycles. The number of aromatic nitrogens is 3. The minimum atomic E-state index is 0.0159. The second kappa shape index (κ2) is 7.57. The molecule has 0 radical (unpaired) electrons. The van der Waals surface area contributed by atoms with Gasteiger partial charge in [0, 0.05) is 37.2 Å². The first-order valence-corrected chi connectivity index (χ1v) is 8.66. The number of benzene rings is 1. The lowest BCUT2D eigenvalue weighted by molar-refractivity contribution is -0.135. The van der Waals surface area contributed by atoms with Crippen molar-refractivity contribution in [3.05, 3.63) is 42.5 Å². The summed E-state index contributed by atoms with van der Waals surface area (Å²) in [6.45, 7) is 2.80. The summed E-state index contributed by atoms with van der Waals surface area (Å²) in [7, 11) is 0. The minimum absolute atomic E-state index is 0.0159. The van der Waals surface area contributed by atoms with Crippen molar-refractivity contribution in [3.8, 4) is 5.69 Å². The van der Waals surface area contributed by atoms with Crippen LogP contribution in [0.5, 0.6) is 0 Å². The molecule has 0 aliphatic carbocycles. The molecular formula is C18H25N5O. The number of piperidine rings is 1. The number of nitrogens with zero attached hydrogens (tertiary/aromatic N) is 4. The van der Waals surface area contributed by atoms with Crippen LogP contribution in [0.25, 0.3) is 5.69 Å². The van der Waals surface area contributed by atoms with Gasteiger partial charge in [-0.2, -0.15) is 0 Å². The van der Waals surface area contributed by atoms with Crippen LogP contribution in [-0.4, -0.2) is 44.2 Å². The highest BCUT2D eigenvalue weighted by molar-refractivity contribution is 5.77. The monoisotopic (exact) mass is 327 g/mol. The van der Waals surface area contributed by atoms with Crippen molar-refractivity contribution in [1.29, 1.82) is 0 Å². The van der Waals surface area contributed by atoms with E-state index in [4.69, 9.17) is 5.73 Å². The van der Waals surface area contributed by atoms with Gasteiger partial charge in [-0.1, -0.05) is 18.2 Å². The molecule has 0 spiro atoms. The van der Waals surface area contributed by atoms with E-state index in [2.05, 4.69) is 10.2 Å². The largest absolute Gasteiger partial charge is 0.338 e. The van der Waals surface area contributed by atoms with Crippen molar-refractivity contribution in [2.24, 2.45) is 5.73 Å². The standard InChI is InChI=1S/C18H25N5O/c1-14(19)16-9-5-6-12-22(16)18(24)11-10-17-21-20-13-23(17)15-7-3-2-4-8-15/h2-4,7-8,13-14,16H,5-6,9-12,19H2,1H3. The summed E-state index contributed by atoms with van der Waals surface area (Å²) in [6, 6.07) is 10.1. The van der Waals surface area contributed by atoms with E-state index in [0.717, 1.165) is 37.3 Å². The predicted molar refractivity (Wildman–Crippen MR) is 92.7 cm³/mol. The number of likely N-dealkylation sites (tertiary alicyclic amines) is 1. The Bertz CT molecular complexity index is 667. The molecule has 1 aliphatic rings. The van der Waals surface area contributed by atoms with Gasteiger partial charge in [-0.3, -0.25) is 9.36 Å². The maximum absolute atomic E-state index is 12.7. The third-order valence-electron chi connectivity index (χ3n) is 4.69. The first kappa shape index (κ1) is 16.6. The number of hydrogen-bond donors (Lipinski definition) is 1. The lowest BCUT2D eigenvalue weighted by Gasteiger charge is -2.38. The minimum Gasteiger partial charge on any atom is -0.338 e. The van der Waals surface area contributed by atoms with Gasteiger partial charge in [-0.05, 0) is 38.3 Å². The van der Waals surface area contributed by atoms with Crippen LogP contribution in [0.4, 0.5) is 0 Å². The van der Waals surface area contributed by atoms with Gasteiger partial charge < -0.3 is 10.6 Å². The molecule has 2 unspecified atom stereocenters. The second-order valence-electron chi connectivity index (χ2n) is 6.46. The Balaban J connectivity index is 1.66. The van der Waals surface area contributed by atoms with E-state index in [1.807, 2.05) is 46.7 Å². The van der Waals surface area contributed by atoms with Gasteiger partial charge >= 0.3 is 0 Å². The summed E-state index contributed by atoms with van der Waals surface area (Å²) in [4.78, 5) is 14.6. The number of hydrogen-bond acceptors (Lipinski definition) is 4. The molecule has 2 aromatic rings. The maximum Gasteiger partial charge on any atom is 0.223 e. The Kier molecular flexibility index (Phi) is 5.25. The molecule has 24 heavy (non-hydrogen) atoms. The van der Waals surface area contributed by atoms with E-state index in [1.54, 1.807) is 6.33 Å². The molecule has 1 aromatic heterocycles. The van der Waals surface area contributed by atoms with E-state index in [9.17, 15) is 4.79 Å². The Morgan fingerprint density at radius 2 is 2.12 bits per heavy atom. The maximum atomic E-state index is 12.7. The zero-order valence-corrected chi connectivity index (χ0v) is 14.1. The fraction of sp³-hybridized carbons (Fsp3) is 0.500. The molecule has 2 heterocycles. The highest BCUT2D eigenvalue weighted by Crippen LogP contribution is 2.20. The van der Waals surface area contributed by atoms with Crippen molar-refractivity contribution in [3.63, 3.8) is 0 Å². The number of carbonyl (C=O) groups is 1. The van der Waals surface area contributed by atoms with E-state index in [0.29, 0.717) is 12.8 Å². The zero-order chi connectivity index (χ0) is 16.9. The predicted octanol–water partition coefficient (Wildman–Crippen LogP) is 1.93. The first-order chi connectivity index (χ1) is 11.7. The van der Waals surface area contributed by atoms with Crippen molar-refractivity contribution < 1.29 is 4.79 Å². The highest BCUT2D eigenvalue weighted by atomic mass is 16.2. The van der Waals surface area contributed by atoms with Gasteiger partial charge in [0.05, 0.1) is 0 Å². The van der Waals surface area contributed by atoms with Gasteiger partial charge in [0.15, 0.2) is 0 Å². The number of para-hydroxylation sites is 1. The molecule has 0 bridgehead atoms. The molecule has 3 rings (SSSR count). The third-order valence-corrected chi connectivity index (χ3v) is 4.69. The average molecular weight is 327 g/mol. The Morgan fingerprint density at radius 1 is 1.33 bits per heavy atom. The topological polar surface area (TPSA) is 77.0 Å². The molecule has 2 N–H and O–H groups in total. The molecule has 1 amide bonds. The van der Waals surface area contributed by atoms with Crippen LogP contribution in [-0.2, 0) is 11.2 Å². The van der Waals surface area contributed by atoms with Crippen LogP contribution in [0, 0.1) is 0 Å². The normalized spacial score (nSPS) is 19.2. The molecule has 6 heteroatoms. The fourth-order valence-corrected chi connectivity index (χ4v) is 3.41. The summed E-state index contributed by atoms with van der Waals surface area (Å²) in [5.74, 6) is 0.975.